The van der Waals surface area contributed by atoms with Crippen molar-refractivity contribution in [3.8, 4) is 0 Å². The maximum atomic E-state index is 13.4. The van der Waals surface area contributed by atoms with Crippen molar-refractivity contribution < 1.29 is 14.6 Å². The molecule has 5 nitrogen and oxygen atoms in total. The minimum absolute atomic E-state index is 0.00924. The van der Waals surface area contributed by atoms with Gasteiger partial charge in [-0.25, -0.2) is 0 Å². The number of benzene rings is 1. The van der Waals surface area contributed by atoms with Crippen molar-refractivity contribution in [3.05, 3.63) is 75.5 Å². The van der Waals surface area contributed by atoms with Crippen LogP contribution in [0.15, 0.2) is 36.2 Å². The first-order valence-corrected chi connectivity index (χ1v) is 9.95. The van der Waals surface area contributed by atoms with E-state index in [1.807, 2.05) is 26.8 Å². The van der Waals surface area contributed by atoms with E-state index in [0.717, 1.165) is 34.2 Å². The number of ether oxygens (including phenoxy) is 1. The first kappa shape index (κ1) is 18.1. The molecule has 29 heavy (non-hydrogen) atoms. The number of aliphatic hydroxyl groups excluding tert-OH is 1. The summed E-state index contributed by atoms with van der Waals surface area (Å²) >= 11 is 0. The van der Waals surface area contributed by atoms with Crippen molar-refractivity contribution in [2.45, 2.75) is 45.3 Å². The first-order valence-electron chi connectivity index (χ1n) is 9.95. The molecular weight excluding hydrogens is 364 g/mol. The number of carbonyl (C=O) groups excluding carboxylic acids is 1. The van der Waals surface area contributed by atoms with E-state index in [1.165, 1.54) is 0 Å². The maximum Gasteiger partial charge on any atom is 0.269 e. The Morgan fingerprint density at radius 2 is 1.90 bits per heavy atom. The molecule has 2 fully saturated rings. The van der Waals surface area contributed by atoms with Crippen LogP contribution >= 0.6 is 0 Å². The number of allylic oxidation sites excluding steroid dienone is 1. The van der Waals surface area contributed by atoms with Crippen molar-refractivity contribution in [3.63, 3.8) is 0 Å². The number of ketones is 1. The molecular formula is C24H22N2O3. The van der Waals surface area contributed by atoms with Gasteiger partial charge in [0.1, 0.15) is 12.0 Å². The molecule has 5 atom stereocenters. The highest BCUT2D eigenvalue weighted by Gasteiger charge is 2.62. The van der Waals surface area contributed by atoms with Gasteiger partial charge in [-0.15, -0.1) is 4.98 Å². The molecule has 5 heteroatoms. The molecule has 0 saturated carbocycles. The van der Waals surface area contributed by atoms with Crippen LogP contribution in [-0.2, 0) is 9.53 Å². The monoisotopic (exact) mass is 386 g/mol. The molecule has 1 aliphatic carbocycles. The van der Waals surface area contributed by atoms with Crippen LogP contribution in [0.2, 0.25) is 0 Å². The summed E-state index contributed by atoms with van der Waals surface area (Å²) in [6, 6.07) is 7.74. The summed E-state index contributed by atoms with van der Waals surface area (Å²) in [5.41, 5.74) is 5.53. The predicted octanol–water partition coefficient (Wildman–Crippen LogP) is 4.60. The molecule has 2 saturated heterocycles. The van der Waals surface area contributed by atoms with E-state index in [2.05, 4.69) is 22.0 Å². The van der Waals surface area contributed by atoms with E-state index >= 15 is 0 Å². The molecule has 0 spiro atoms. The van der Waals surface area contributed by atoms with E-state index < -0.39 is 0 Å². The molecule has 5 rings (SSSR count). The van der Waals surface area contributed by atoms with Crippen LogP contribution in [0.3, 0.4) is 0 Å². The fourth-order valence-corrected chi connectivity index (χ4v) is 5.69. The fourth-order valence-electron chi connectivity index (χ4n) is 5.69. The van der Waals surface area contributed by atoms with Gasteiger partial charge in [0, 0.05) is 5.92 Å². The number of rotatable bonds is 2. The molecule has 2 bridgehead atoms. The highest BCUT2D eigenvalue weighted by Crippen LogP contribution is 2.58. The lowest BCUT2D eigenvalue weighted by atomic mass is 9.73. The Balaban J connectivity index is 1.55. The van der Waals surface area contributed by atoms with Gasteiger partial charge in [-0.2, -0.15) is 0 Å². The lowest BCUT2D eigenvalue weighted by Gasteiger charge is -2.27. The number of hydrogen-bond acceptors (Lipinski definition) is 4. The van der Waals surface area contributed by atoms with E-state index in [0.29, 0.717) is 11.4 Å². The van der Waals surface area contributed by atoms with Gasteiger partial charge in [-0.1, -0.05) is 30.3 Å². The predicted molar refractivity (Wildman–Crippen MR) is 109 cm³/mol. The summed E-state index contributed by atoms with van der Waals surface area (Å²) in [6.45, 7) is 13.1. The molecule has 1 N–H and O–H groups in total. The van der Waals surface area contributed by atoms with Crippen LogP contribution in [0.4, 0.5) is 5.82 Å². The molecule has 3 aliphatic rings. The van der Waals surface area contributed by atoms with Crippen LogP contribution < -0.4 is 0 Å². The minimum atomic E-state index is -0.304. The third-order valence-electron chi connectivity index (χ3n) is 6.72. The largest absolute Gasteiger partial charge is 0.511 e. The number of aliphatic hydroxyl groups is 1. The molecule has 1 aromatic carbocycles. The van der Waals surface area contributed by atoms with Crippen molar-refractivity contribution >= 4 is 17.2 Å². The van der Waals surface area contributed by atoms with Gasteiger partial charge in [0.05, 0.1) is 29.6 Å². The Morgan fingerprint density at radius 3 is 2.52 bits per heavy atom. The molecule has 3 heterocycles. The Kier molecular flexibility index (Phi) is 3.91. The van der Waals surface area contributed by atoms with Gasteiger partial charge in [0.2, 0.25) is 0 Å². The van der Waals surface area contributed by atoms with Gasteiger partial charge in [0.15, 0.2) is 5.78 Å². The Morgan fingerprint density at radius 1 is 1.17 bits per heavy atom. The molecule has 0 radical (unpaired) electrons. The number of hydrogen-bond donors (Lipinski definition) is 1. The van der Waals surface area contributed by atoms with Gasteiger partial charge < -0.3 is 14.7 Å². The van der Waals surface area contributed by atoms with Crippen molar-refractivity contribution in [2.75, 3.05) is 0 Å². The second-order valence-corrected chi connectivity index (χ2v) is 8.49. The zero-order valence-corrected chi connectivity index (χ0v) is 16.6. The number of pyridine rings is 1. The van der Waals surface area contributed by atoms with Gasteiger partial charge in [-0.05, 0) is 55.5 Å². The fraction of sp³-hybridized carbons (Fsp3) is 0.375. The highest BCUT2D eigenvalue weighted by molar-refractivity contribution is 6.26. The molecule has 1 aromatic heterocycles. The van der Waals surface area contributed by atoms with E-state index in [9.17, 15) is 9.90 Å². The zero-order valence-electron chi connectivity index (χ0n) is 16.6. The molecule has 146 valence electrons. The van der Waals surface area contributed by atoms with Crippen LogP contribution in [0, 0.1) is 39.2 Å². The van der Waals surface area contributed by atoms with Crippen LogP contribution in [0.1, 0.15) is 40.2 Å². The molecule has 0 amide bonds. The maximum absolute atomic E-state index is 13.4. The molecule has 2 aromatic rings. The lowest BCUT2D eigenvalue weighted by Crippen LogP contribution is -2.33. The number of nitrogens with zero attached hydrogens (tertiary/aromatic N) is 2. The lowest BCUT2D eigenvalue weighted by molar-refractivity contribution is -0.118. The average Bonchev–Trinajstić information content (AvgIpc) is 3.34. The van der Waals surface area contributed by atoms with Gasteiger partial charge in [-0.3, -0.25) is 4.79 Å². The van der Waals surface area contributed by atoms with E-state index in [-0.39, 0.29) is 41.5 Å². The number of fused-ring (bicyclic) bond motifs is 5. The second-order valence-electron chi connectivity index (χ2n) is 8.49. The quantitative estimate of drug-likeness (QED) is 0.767. The zero-order chi connectivity index (χ0) is 20.4. The van der Waals surface area contributed by atoms with E-state index in [4.69, 9.17) is 11.3 Å². The van der Waals surface area contributed by atoms with Gasteiger partial charge >= 0.3 is 0 Å². The third kappa shape index (κ3) is 2.49. The summed E-state index contributed by atoms with van der Waals surface area (Å²) in [5.74, 6) is 0.0156. The van der Waals surface area contributed by atoms with Crippen molar-refractivity contribution in [1.29, 1.82) is 0 Å². The number of aromatic nitrogens is 1. The van der Waals surface area contributed by atoms with Crippen molar-refractivity contribution in [1.82, 2.24) is 4.98 Å². The number of aryl methyl sites for hydroxylation is 3. The molecule has 0 unspecified atom stereocenters. The smallest absolute Gasteiger partial charge is 0.269 e. The van der Waals surface area contributed by atoms with Gasteiger partial charge in [0.25, 0.3) is 5.82 Å². The normalized spacial score (nSPS) is 30.0. The standard InChI is InChI=1S/C24H22N2O3/c1-11-7-12(2)18(13(3)8-11)20-22(27)19-16-9-15(24(29-16)21(19)23(20)28)14-5-6-17(25-4)26-10-14/h5-8,10,15-16,19,21,24,28H,9H2,1-3H3/t15-,16-,19-,21+,24+/m0/s1. The van der Waals surface area contributed by atoms with Crippen LogP contribution in [-0.4, -0.2) is 28.1 Å². The average molecular weight is 386 g/mol. The summed E-state index contributed by atoms with van der Waals surface area (Å²) in [4.78, 5) is 20.9. The number of carbonyl (C=O) groups is 1. The van der Waals surface area contributed by atoms with Crippen LogP contribution in [0.25, 0.3) is 10.4 Å². The summed E-state index contributed by atoms with van der Waals surface area (Å²) in [7, 11) is 0. The minimum Gasteiger partial charge on any atom is -0.511 e. The van der Waals surface area contributed by atoms with Crippen molar-refractivity contribution in [2.24, 2.45) is 11.8 Å². The number of Topliss-reactive ketones (excluding diaryl/α,β-unsaturated/α-hetero) is 1. The Hall–Kier alpha value is -2.97. The SMILES string of the molecule is [C-]#[N+]c1ccc([C@@H]2C[C@@H]3O[C@H]2[C@H]2C(O)=C(c4c(C)cc(C)cc4C)C(=O)[C@H]23)cn1. The third-order valence-corrected chi connectivity index (χ3v) is 6.72. The van der Waals surface area contributed by atoms with Crippen LogP contribution in [0.5, 0.6) is 0 Å². The summed E-state index contributed by atoms with van der Waals surface area (Å²) in [5, 5.41) is 11.2. The summed E-state index contributed by atoms with van der Waals surface area (Å²) in [6.07, 6.45) is 2.04. The Labute approximate surface area is 169 Å². The topological polar surface area (TPSA) is 63.8 Å². The van der Waals surface area contributed by atoms with E-state index in [1.54, 1.807) is 12.3 Å². The Bertz CT molecular complexity index is 1090. The highest BCUT2D eigenvalue weighted by atomic mass is 16.5. The second kappa shape index (κ2) is 6.27. The first-order chi connectivity index (χ1) is 13.9. The molecule has 2 aliphatic heterocycles. The summed E-state index contributed by atoms with van der Waals surface area (Å²) < 4.78 is 6.16.